The standard InChI is InChI=1S/C13H12BrFN2OS/c14-10-6-11(15)12(16)5-9(10)13(18)17-3-1-8-2-4-19-7-8/h2,4-7H,1,3,16H2,(H,17,18). The summed E-state index contributed by atoms with van der Waals surface area (Å²) >= 11 is 4.78. The molecule has 2 aromatic rings. The van der Waals surface area contributed by atoms with E-state index in [1.807, 2.05) is 16.8 Å². The SMILES string of the molecule is Nc1cc(C(=O)NCCc2ccsc2)c(Br)cc1F. The van der Waals surface area contributed by atoms with Crippen LogP contribution in [0, 0.1) is 5.82 Å². The Hall–Kier alpha value is -1.40. The number of hydrogen-bond donors (Lipinski definition) is 2. The van der Waals surface area contributed by atoms with E-state index >= 15 is 0 Å². The highest BCUT2D eigenvalue weighted by molar-refractivity contribution is 9.10. The molecule has 100 valence electrons. The highest BCUT2D eigenvalue weighted by Crippen LogP contribution is 2.22. The van der Waals surface area contributed by atoms with Gasteiger partial charge in [0.2, 0.25) is 0 Å². The second kappa shape index (κ2) is 6.16. The predicted molar refractivity (Wildman–Crippen MR) is 78.9 cm³/mol. The van der Waals surface area contributed by atoms with Crippen LogP contribution in [0.3, 0.4) is 0 Å². The van der Waals surface area contributed by atoms with E-state index in [1.165, 1.54) is 17.7 Å². The fraction of sp³-hybridized carbons (Fsp3) is 0.154. The Bertz CT molecular complexity index is 587. The number of thiophene rings is 1. The van der Waals surface area contributed by atoms with Crippen LogP contribution in [0.5, 0.6) is 0 Å². The van der Waals surface area contributed by atoms with E-state index in [4.69, 9.17) is 5.73 Å². The third-order valence-corrected chi connectivity index (χ3v) is 4.00. The summed E-state index contributed by atoms with van der Waals surface area (Å²) in [7, 11) is 0. The van der Waals surface area contributed by atoms with Crippen LogP contribution in [0.15, 0.2) is 33.4 Å². The van der Waals surface area contributed by atoms with E-state index in [0.717, 1.165) is 6.42 Å². The highest BCUT2D eigenvalue weighted by Gasteiger charge is 2.12. The minimum Gasteiger partial charge on any atom is -0.396 e. The summed E-state index contributed by atoms with van der Waals surface area (Å²) in [5, 5.41) is 6.82. The fourth-order valence-electron chi connectivity index (χ4n) is 1.59. The van der Waals surface area contributed by atoms with Crippen molar-refractivity contribution < 1.29 is 9.18 Å². The van der Waals surface area contributed by atoms with Crippen LogP contribution in [-0.4, -0.2) is 12.5 Å². The first-order valence-corrected chi connectivity index (χ1v) is 7.35. The van der Waals surface area contributed by atoms with Crippen molar-refractivity contribution in [2.45, 2.75) is 6.42 Å². The van der Waals surface area contributed by atoms with Crippen molar-refractivity contribution in [2.75, 3.05) is 12.3 Å². The van der Waals surface area contributed by atoms with Crippen LogP contribution >= 0.6 is 27.3 Å². The molecule has 0 spiro atoms. The maximum atomic E-state index is 13.2. The zero-order valence-electron chi connectivity index (χ0n) is 9.95. The summed E-state index contributed by atoms with van der Waals surface area (Å²) in [4.78, 5) is 11.9. The van der Waals surface area contributed by atoms with Gasteiger partial charge < -0.3 is 11.1 Å². The monoisotopic (exact) mass is 342 g/mol. The first-order chi connectivity index (χ1) is 9.08. The second-order valence-corrected chi connectivity index (χ2v) is 5.63. The van der Waals surface area contributed by atoms with Crippen LogP contribution in [0.2, 0.25) is 0 Å². The molecule has 6 heteroatoms. The van der Waals surface area contributed by atoms with Gasteiger partial charge in [-0.05, 0) is 56.9 Å². The van der Waals surface area contributed by atoms with Crippen LogP contribution in [0.25, 0.3) is 0 Å². The summed E-state index contributed by atoms with van der Waals surface area (Å²) in [6.45, 7) is 0.527. The fourth-order valence-corrected chi connectivity index (χ4v) is 2.79. The molecule has 0 saturated heterocycles. The summed E-state index contributed by atoms with van der Waals surface area (Å²) in [5.41, 5.74) is 6.94. The molecule has 3 N–H and O–H groups in total. The Morgan fingerprint density at radius 3 is 2.95 bits per heavy atom. The van der Waals surface area contributed by atoms with Gasteiger partial charge >= 0.3 is 0 Å². The molecule has 0 aliphatic carbocycles. The maximum Gasteiger partial charge on any atom is 0.252 e. The van der Waals surface area contributed by atoms with E-state index in [1.54, 1.807) is 11.3 Å². The van der Waals surface area contributed by atoms with Crippen LogP contribution in [0.1, 0.15) is 15.9 Å². The van der Waals surface area contributed by atoms with Gasteiger partial charge in [-0.15, -0.1) is 0 Å². The smallest absolute Gasteiger partial charge is 0.252 e. The number of nitrogens with one attached hydrogen (secondary N) is 1. The van der Waals surface area contributed by atoms with Gasteiger partial charge in [0.1, 0.15) is 5.82 Å². The molecule has 1 aromatic heterocycles. The number of carbonyl (C=O) groups is 1. The van der Waals surface area contributed by atoms with Gasteiger partial charge in [0, 0.05) is 11.0 Å². The van der Waals surface area contributed by atoms with Crippen LogP contribution in [-0.2, 0) is 6.42 Å². The molecular formula is C13H12BrFN2OS. The van der Waals surface area contributed by atoms with Gasteiger partial charge in [0.05, 0.1) is 11.3 Å². The largest absolute Gasteiger partial charge is 0.396 e. The molecule has 1 heterocycles. The van der Waals surface area contributed by atoms with E-state index in [9.17, 15) is 9.18 Å². The lowest BCUT2D eigenvalue weighted by Crippen LogP contribution is -2.26. The molecule has 1 aromatic carbocycles. The number of carbonyl (C=O) groups excluding carboxylic acids is 1. The molecule has 0 unspecified atom stereocenters. The van der Waals surface area contributed by atoms with Crippen molar-refractivity contribution in [3.8, 4) is 0 Å². The minimum absolute atomic E-state index is 0.0359. The number of anilines is 1. The molecule has 0 fully saturated rings. The molecule has 2 rings (SSSR count). The van der Waals surface area contributed by atoms with Gasteiger partial charge in [-0.25, -0.2) is 4.39 Å². The molecular weight excluding hydrogens is 331 g/mol. The minimum atomic E-state index is -0.540. The average molecular weight is 343 g/mol. The lowest BCUT2D eigenvalue weighted by Gasteiger charge is -2.08. The summed E-state index contributed by atoms with van der Waals surface area (Å²) in [6, 6.07) is 4.55. The van der Waals surface area contributed by atoms with Gasteiger partial charge in [0.25, 0.3) is 5.91 Å². The zero-order chi connectivity index (χ0) is 13.8. The molecule has 19 heavy (non-hydrogen) atoms. The number of halogens is 2. The van der Waals surface area contributed by atoms with E-state index in [2.05, 4.69) is 21.2 Å². The van der Waals surface area contributed by atoms with Gasteiger partial charge in [0.15, 0.2) is 0 Å². The lowest BCUT2D eigenvalue weighted by molar-refractivity contribution is 0.0953. The number of amides is 1. The van der Waals surface area contributed by atoms with Gasteiger partial charge in [-0.2, -0.15) is 11.3 Å². The molecule has 0 bridgehead atoms. The number of hydrogen-bond acceptors (Lipinski definition) is 3. The van der Waals surface area contributed by atoms with Crippen molar-refractivity contribution in [3.63, 3.8) is 0 Å². The molecule has 1 amide bonds. The Labute approximate surface area is 122 Å². The molecule has 0 aliphatic heterocycles. The van der Waals surface area contributed by atoms with E-state index in [-0.39, 0.29) is 11.6 Å². The number of rotatable bonds is 4. The predicted octanol–water partition coefficient (Wildman–Crippen LogP) is 3.20. The van der Waals surface area contributed by atoms with Crippen LogP contribution in [0.4, 0.5) is 10.1 Å². The normalized spacial score (nSPS) is 10.4. The Kier molecular flexibility index (Phi) is 4.55. The second-order valence-electron chi connectivity index (χ2n) is 3.99. The third-order valence-electron chi connectivity index (χ3n) is 2.61. The molecule has 0 aliphatic rings. The van der Waals surface area contributed by atoms with Crippen molar-refractivity contribution in [1.29, 1.82) is 0 Å². The van der Waals surface area contributed by atoms with Crippen molar-refractivity contribution in [2.24, 2.45) is 0 Å². The third kappa shape index (κ3) is 3.54. The Morgan fingerprint density at radius 2 is 2.26 bits per heavy atom. The Balaban J connectivity index is 1.98. The van der Waals surface area contributed by atoms with E-state index < -0.39 is 5.82 Å². The maximum absolute atomic E-state index is 13.2. The highest BCUT2D eigenvalue weighted by atomic mass is 79.9. The lowest BCUT2D eigenvalue weighted by atomic mass is 10.1. The molecule has 0 atom stereocenters. The van der Waals surface area contributed by atoms with Crippen molar-refractivity contribution in [1.82, 2.24) is 5.32 Å². The topological polar surface area (TPSA) is 55.1 Å². The number of nitrogen functional groups attached to an aromatic ring is 1. The van der Waals surface area contributed by atoms with Crippen LogP contribution < -0.4 is 11.1 Å². The first-order valence-electron chi connectivity index (χ1n) is 5.61. The molecule has 0 radical (unpaired) electrons. The summed E-state index contributed by atoms with van der Waals surface area (Å²) in [6.07, 6.45) is 0.767. The molecule has 3 nitrogen and oxygen atoms in total. The first kappa shape index (κ1) is 14.0. The van der Waals surface area contributed by atoms with Gasteiger partial charge in [-0.1, -0.05) is 0 Å². The summed E-state index contributed by atoms with van der Waals surface area (Å²) in [5.74, 6) is -0.810. The molecule has 0 saturated carbocycles. The quantitative estimate of drug-likeness (QED) is 0.838. The summed E-state index contributed by atoms with van der Waals surface area (Å²) < 4.78 is 13.6. The van der Waals surface area contributed by atoms with Gasteiger partial charge in [-0.3, -0.25) is 4.79 Å². The number of nitrogens with two attached hydrogens (primary N) is 1. The average Bonchev–Trinajstić information content (AvgIpc) is 2.86. The van der Waals surface area contributed by atoms with Crippen molar-refractivity contribution >= 4 is 38.9 Å². The Morgan fingerprint density at radius 1 is 1.47 bits per heavy atom. The zero-order valence-corrected chi connectivity index (χ0v) is 12.4. The number of benzene rings is 1. The van der Waals surface area contributed by atoms with Crippen molar-refractivity contribution in [3.05, 3.63) is 50.4 Å². The van der Waals surface area contributed by atoms with E-state index in [0.29, 0.717) is 16.6 Å².